The summed E-state index contributed by atoms with van der Waals surface area (Å²) in [5.41, 5.74) is 0. The van der Waals surface area contributed by atoms with E-state index in [1.54, 1.807) is 5.38 Å². The first kappa shape index (κ1) is 14.4. The highest BCUT2D eigenvalue weighted by molar-refractivity contribution is 7.99. The highest BCUT2D eigenvalue weighted by Gasteiger charge is 2.13. The minimum atomic E-state index is -0.410. The van der Waals surface area contributed by atoms with Crippen LogP contribution < -0.4 is 0 Å². The van der Waals surface area contributed by atoms with Crippen molar-refractivity contribution in [2.45, 2.75) is 9.92 Å². The molecule has 3 aromatic rings. The van der Waals surface area contributed by atoms with E-state index in [4.69, 9.17) is 0 Å². The van der Waals surface area contributed by atoms with Crippen LogP contribution in [0.5, 0.6) is 0 Å². The van der Waals surface area contributed by atoms with Crippen molar-refractivity contribution in [1.82, 2.24) is 25.6 Å². The molecule has 22 heavy (non-hydrogen) atoms. The first-order valence-electron chi connectivity index (χ1n) is 6.09. The maximum absolute atomic E-state index is 12.0. The van der Waals surface area contributed by atoms with Gasteiger partial charge in [0, 0.05) is 16.4 Å². The number of aromatic nitrogens is 5. The molecule has 9 heteroatoms. The second-order valence-corrected chi connectivity index (χ2v) is 5.99. The van der Waals surface area contributed by atoms with Gasteiger partial charge in [0.2, 0.25) is 11.6 Å². The lowest BCUT2D eigenvalue weighted by atomic mass is 10.3. The molecule has 110 valence electrons. The summed E-state index contributed by atoms with van der Waals surface area (Å²) >= 11 is 2.68. The average Bonchev–Trinajstić information content (AvgIpc) is 3.19. The van der Waals surface area contributed by atoms with Crippen LogP contribution in [0.3, 0.4) is 0 Å². The molecule has 0 aliphatic rings. The summed E-state index contributed by atoms with van der Waals surface area (Å²) in [5, 5.41) is 25.2. The predicted octanol–water partition coefficient (Wildman–Crippen LogP) is 2.59. The van der Waals surface area contributed by atoms with Crippen LogP contribution in [0.25, 0.3) is 5.76 Å². The van der Waals surface area contributed by atoms with Gasteiger partial charge in [-0.1, -0.05) is 30.0 Å². The van der Waals surface area contributed by atoms with Crippen molar-refractivity contribution in [2.75, 3.05) is 0 Å². The monoisotopic (exact) mass is 331 g/mol. The van der Waals surface area contributed by atoms with Crippen LogP contribution in [0, 0.1) is 0 Å². The number of aliphatic hydroxyl groups is 1. The van der Waals surface area contributed by atoms with Gasteiger partial charge in [-0.3, -0.25) is 4.79 Å². The molecule has 7 nitrogen and oxygen atoms in total. The number of hydrogen-bond acceptors (Lipinski definition) is 8. The Morgan fingerprint density at radius 3 is 2.86 bits per heavy atom. The third-order valence-electron chi connectivity index (χ3n) is 2.50. The quantitative estimate of drug-likeness (QED) is 0.420. The van der Waals surface area contributed by atoms with Crippen LogP contribution >= 0.6 is 23.1 Å². The standard InChI is InChI=1S/C13H9N5O2S2/c19-9(12-15-17-18-16-12)6-10(20)13-14-11(7-21-13)22-8-4-2-1-3-5-8/h1-7,19H,(H,15,16,17,18). The van der Waals surface area contributed by atoms with Gasteiger partial charge >= 0.3 is 0 Å². The zero-order chi connectivity index (χ0) is 15.4. The second-order valence-electron chi connectivity index (χ2n) is 4.04. The van der Waals surface area contributed by atoms with Gasteiger partial charge in [-0.15, -0.1) is 21.5 Å². The highest BCUT2D eigenvalue weighted by Crippen LogP contribution is 2.28. The average molecular weight is 331 g/mol. The number of H-pyrrole nitrogens is 1. The van der Waals surface area contributed by atoms with Crippen molar-refractivity contribution >= 4 is 34.6 Å². The molecule has 0 atom stereocenters. The van der Waals surface area contributed by atoms with Crippen molar-refractivity contribution in [1.29, 1.82) is 0 Å². The highest BCUT2D eigenvalue weighted by atomic mass is 32.2. The van der Waals surface area contributed by atoms with Crippen LogP contribution in [0.4, 0.5) is 0 Å². The van der Waals surface area contributed by atoms with E-state index in [2.05, 4.69) is 25.6 Å². The summed E-state index contributed by atoms with van der Waals surface area (Å²) in [5.74, 6) is -0.804. The molecule has 2 heterocycles. The number of carbonyl (C=O) groups excluding carboxylic acids is 1. The van der Waals surface area contributed by atoms with Crippen molar-refractivity contribution in [3.63, 3.8) is 0 Å². The lowest BCUT2D eigenvalue weighted by Crippen LogP contribution is -1.97. The maximum Gasteiger partial charge on any atom is 0.239 e. The molecule has 0 saturated carbocycles. The molecule has 0 amide bonds. The van der Waals surface area contributed by atoms with E-state index < -0.39 is 5.78 Å². The van der Waals surface area contributed by atoms with Gasteiger partial charge in [-0.2, -0.15) is 5.21 Å². The van der Waals surface area contributed by atoms with E-state index in [9.17, 15) is 9.90 Å². The van der Waals surface area contributed by atoms with E-state index >= 15 is 0 Å². The number of aliphatic hydroxyl groups excluding tert-OH is 1. The van der Waals surface area contributed by atoms with Gasteiger partial charge in [0.05, 0.1) is 0 Å². The smallest absolute Gasteiger partial charge is 0.239 e. The Kier molecular flexibility index (Phi) is 4.26. The van der Waals surface area contributed by atoms with E-state index in [0.29, 0.717) is 0 Å². The fourth-order valence-electron chi connectivity index (χ4n) is 1.55. The fourth-order valence-corrected chi connectivity index (χ4v) is 3.21. The lowest BCUT2D eigenvalue weighted by Gasteiger charge is -1.95. The molecule has 0 spiro atoms. The SMILES string of the molecule is O=C(C=C(O)c1nn[nH]n1)c1nc(Sc2ccccc2)cs1. The molecule has 1 aromatic carbocycles. The van der Waals surface area contributed by atoms with E-state index in [0.717, 1.165) is 16.0 Å². The summed E-state index contributed by atoms with van der Waals surface area (Å²) in [6, 6.07) is 9.74. The number of tetrazole rings is 1. The Morgan fingerprint density at radius 1 is 1.32 bits per heavy atom. The summed E-state index contributed by atoms with van der Waals surface area (Å²) in [6.07, 6.45) is 1.03. The molecule has 0 fully saturated rings. The van der Waals surface area contributed by atoms with Crippen molar-refractivity contribution in [3.8, 4) is 0 Å². The van der Waals surface area contributed by atoms with Gasteiger partial charge in [-0.25, -0.2) is 4.98 Å². The molecule has 0 aliphatic carbocycles. The Morgan fingerprint density at radius 2 is 2.14 bits per heavy atom. The Balaban J connectivity index is 1.73. The number of nitrogens with one attached hydrogen (secondary N) is 1. The number of thiazole rings is 1. The Labute approximate surface area is 133 Å². The molecule has 0 radical (unpaired) electrons. The van der Waals surface area contributed by atoms with Crippen LogP contribution in [-0.4, -0.2) is 36.5 Å². The van der Waals surface area contributed by atoms with Crippen molar-refractivity contribution in [2.24, 2.45) is 0 Å². The minimum Gasteiger partial charge on any atom is -0.504 e. The molecule has 0 aliphatic heterocycles. The maximum atomic E-state index is 12.0. The second kappa shape index (κ2) is 6.50. The molecule has 2 N–H and O–H groups in total. The first-order chi connectivity index (χ1) is 10.7. The predicted molar refractivity (Wildman–Crippen MR) is 81.8 cm³/mol. The summed E-state index contributed by atoms with van der Waals surface area (Å²) in [4.78, 5) is 17.3. The lowest BCUT2D eigenvalue weighted by molar-refractivity contribution is 0.104. The van der Waals surface area contributed by atoms with Gasteiger partial charge in [-0.05, 0) is 17.3 Å². The first-order valence-corrected chi connectivity index (χ1v) is 7.79. The zero-order valence-electron chi connectivity index (χ0n) is 11.0. The van der Waals surface area contributed by atoms with E-state index in [1.807, 2.05) is 30.3 Å². The molecular weight excluding hydrogens is 322 g/mol. The van der Waals surface area contributed by atoms with Crippen LogP contribution in [0.2, 0.25) is 0 Å². The minimum absolute atomic E-state index is 0.0382. The van der Waals surface area contributed by atoms with Crippen LogP contribution in [0.1, 0.15) is 15.6 Å². The van der Waals surface area contributed by atoms with Crippen molar-refractivity contribution in [3.05, 3.63) is 52.6 Å². The normalized spacial score (nSPS) is 11.5. The Bertz CT molecular complexity index is 799. The number of allylic oxidation sites excluding steroid dienone is 1. The molecule has 0 unspecified atom stereocenters. The number of carbonyl (C=O) groups is 1. The molecule has 2 aromatic heterocycles. The molecule has 0 saturated heterocycles. The molecule has 3 rings (SSSR count). The zero-order valence-corrected chi connectivity index (χ0v) is 12.6. The van der Waals surface area contributed by atoms with Crippen molar-refractivity contribution < 1.29 is 9.90 Å². The van der Waals surface area contributed by atoms with E-state index in [-0.39, 0.29) is 16.6 Å². The Hall–Kier alpha value is -2.52. The topological polar surface area (TPSA) is 105 Å². The third-order valence-corrected chi connectivity index (χ3v) is 4.43. The molecule has 0 bridgehead atoms. The van der Waals surface area contributed by atoms with Gasteiger partial charge in [0.1, 0.15) is 5.03 Å². The number of hydrogen-bond donors (Lipinski definition) is 2. The van der Waals surface area contributed by atoms with Crippen LogP contribution in [-0.2, 0) is 0 Å². The van der Waals surface area contributed by atoms with Gasteiger partial charge in [0.15, 0.2) is 10.8 Å². The fraction of sp³-hybridized carbons (Fsp3) is 0. The van der Waals surface area contributed by atoms with E-state index in [1.165, 1.54) is 23.1 Å². The summed E-state index contributed by atoms with van der Waals surface area (Å²) in [6.45, 7) is 0. The number of benzene rings is 1. The summed E-state index contributed by atoms with van der Waals surface area (Å²) < 4.78 is 0. The van der Waals surface area contributed by atoms with Gasteiger partial charge < -0.3 is 5.11 Å². The third kappa shape index (κ3) is 3.38. The number of aromatic amines is 1. The molecular formula is C13H9N5O2S2. The largest absolute Gasteiger partial charge is 0.504 e. The number of nitrogens with zero attached hydrogens (tertiary/aromatic N) is 4. The van der Waals surface area contributed by atoms with Gasteiger partial charge in [0.25, 0.3) is 0 Å². The van der Waals surface area contributed by atoms with Crippen LogP contribution in [0.15, 0.2) is 51.7 Å². The number of rotatable bonds is 5. The summed E-state index contributed by atoms with van der Waals surface area (Å²) in [7, 11) is 0. The number of ketones is 1.